The van der Waals surface area contributed by atoms with Crippen LogP contribution in [0.1, 0.15) is 33.1 Å². The number of aliphatic carboxylic acids is 3. The van der Waals surface area contributed by atoms with Crippen LogP contribution < -0.4 is 21.7 Å². The molecule has 0 spiro atoms. The summed E-state index contributed by atoms with van der Waals surface area (Å²) in [6.45, 7) is 2.73. The topological polar surface area (TPSA) is 225 Å². The van der Waals surface area contributed by atoms with Crippen molar-refractivity contribution in [3.8, 4) is 0 Å². The maximum absolute atomic E-state index is 12.4. The predicted octanol–water partition coefficient (Wildman–Crippen LogP) is -2.52. The molecule has 13 heteroatoms. The molecule has 0 heterocycles. The molecule has 0 aromatic carbocycles. The van der Waals surface area contributed by atoms with E-state index in [1.807, 2.05) is 0 Å². The van der Waals surface area contributed by atoms with Crippen molar-refractivity contribution in [1.82, 2.24) is 16.0 Å². The van der Waals surface area contributed by atoms with Gasteiger partial charge in [-0.25, -0.2) is 4.79 Å². The van der Waals surface area contributed by atoms with Gasteiger partial charge in [-0.1, -0.05) is 20.3 Å². The highest BCUT2D eigenvalue weighted by atomic mass is 16.4. The fraction of sp³-hybridized carbons (Fsp3) is 0.625. The van der Waals surface area contributed by atoms with Gasteiger partial charge in [0.15, 0.2) is 0 Å². The molecule has 13 nitrogen and oxygen atoms in total. The van der Waals surface area contributed by atoms with Gasteiger partial charge in [0.1, 0.15) is 12.1 Å². The molecule has 0 aromatic heterocycles. The van der Waals surface area contributed by atoms with Crippen molar-refractivity contribution < 1.29 is 44.1 Å². The van der Waals surface area contributed by atoms with Crippen LogP contribution in [-0.4, -0.2) is 75.6 Å². The van der Waals surface area contributed by atoms with E-state index in [0.29, 0.717) is 6.42 Å². The lowest BCUT2D eigenvalue weighted by atomic mass is 9.97. The molecule has 0 aliphatic carbocycles. The van der Waals surface area contributed by atoms with Gasteiger partial charge in [-0.2, -0.15) is 0 Å². The van der Waals surface area contributed by atoms with E-state index in [1.54, 1.807) is 13.8 Å². The van der Waals surface area contributed by atoms with Crippen LogP contribution in [0, 0.1) is 5.92 Å². The second-order valence-electron chi connectivity index (χ2n) is 6.35. The van der Waals surface area contributed by atoms with Crippen molar-refractivity contribution in [2.75, 3.05) is 6.54 Å². The first kappa shape index (κ1) is 25.8. The molecule has 0 fully saturated rings. The largest absolute Gasteiger partial charge is 0.481 e. The zero-order valence-electron chi connectivity index (χ0n) is 16.0. The minimum atomic E-state index is -1.68. The lowest BCUT2D eigenvalue weighted by Crippen LogP contribution is -2.56. The van der Waals surface area contributed by atoms with Crippen LogP contribution in [0.4, 0.5) is 0 Å². The average molecular weight is 418 g/mol. The molecule has 164 valence electrons. The molecule has 0 radical (unpaired) electrons. The summed E-state index contributed by atoms with van der Waals surface area (Å²) < 4.78 is 0. The van der Waals surface area contributed by atoms with E-state index < -0.39 is 79.1 Å². The Morgan fingerprint density at radius 1 is 0.897 bits per heavy atom. The Hall–Kier alpha value is -3.22. The van der Waals surface area contributed by atoms with Gasteiger partial charge in [0, 0.05) is 0 Å². The molecule has 29 heavy (non-hydrogen) atoms. The predicted molar refractivity (Wildman–Crippen MR) is 96.4 cm³/mol. The number of carboxylic acid groups (broad SMARTS) is 3. The summed E-state index contributed by atoms with van der Waals surface area (Å²) in [6.07, 6.45) is -1.06. The van der Waals surface area contributed by atoms with Gasteiger partial charge in [-0.15, -0.1) is 0 Å². The van der Waals surface area contributed by atoms with Gasteiger partial charge >= 0.3 is 17.9 Å². The van der Waals surface area contributed by atoms with E-state index >= 15 is 0 Å². The molecule has 3 amide bonds. The fourth-order valence-corrected chi connectivity index (χ4v) is 2.14. The minimum Gasteiger partial charge on any atom is -0.481 e. The molecular formula is C16H26N4O9. The van der Waals surface area contributed by atoms with Crippen LogP contribution in [-0.2, 0) is 28.8 Å². The van der Waals surface area contributed by atoms with E-state index in [-0.39, 0.29) is 0 Å². The Bertz CT molecular complexity index is 652. The van der Waals surface area contributed by atoms with Crippen LogP contribution in [0.25, 0.3) is 0 Å². The summed E-state index contributed by atoms with van der Waals surface area (Å²) in [5.41, 5.74) is 5.35. The van der Waals surface area contributed by atoms with Crippen molar-refractivity contribution >= 4 is 35.6 Å². The minimum absolute atomic E-state index is 0.422. The number of nitrogens with one attached hydrogen (secondary N) is 3. The number of nitrogens with two attached hydrogens (primary N) is 1. The highest BCUT2D eigenvalue weighted by molar-refractivity contribution is 5.93. The molecule has 0 bridgehead atoms. The Labute approximate surface area is 166 Å². The molecule has 4 unspecified atom stereocenters. The lowest BCUT2D eigenvalue weighted by molar-refractivity contribution is -0.147. The second kappa shape index (κ2) is 12.3. The van der Waals surface area contributed by atoms with Crippen molar-refractivity contribution in [3.63, 3.8) is 0 Å². The van der Waals surface area contributed by atoms with Crippen LogP contribution in [0.3, 0.4) is 0 Å². The van der Waals surface area contributed by atoms with Gasteiger partial charge in [-0.05, 0) is 5.92 Å². The zero-order chi connectivity index (χ0) is 22.7. The van der Waals surface area contributed by atoms with Crippen molar-refractivity contribution in [2.45, 2.75) is 51.2 Å². The summed E-state index contributed by atoms with van der Waals surface area (Å²) in [5, 5.41) is 32.9. The summed E-state index contributed by atoms with van der Waals surface area (Å²) in [7, 11) is 0. The maximum Gasteiger partial charge on any atom is 0.326 e. The molecule has 0 aliphatic heterocycles. The third kappa shape index (κ3) is 10.0. The van der Waals surface area contributed by atoms with E-state index in [2.05, 4.69) is 16.0 Å². The summed E-state index contributed by atoms with van der Waals surface area (Å²) >= 11 is 0. The molecule has 0 aromatic rings. The van der Waals surface area contributed by atoms with Crippen LogP contribution in [0.15, 0.2) is 0 Å². The number of carbonyl (C=O) groups is 6. The fourth-order valence-electron chi connectivity index (χ4n) is 2.14. The van der Waals surface area contributed by atoms with E-state index in [4.69, 9.17) is 21.1 Å². The molecule has 0 rings (SSSR count). The normalized spacial score (nSPS) is 14.6. The molecule has 0 saturated carbocycles. The van der Waals surface area contributed by atoms with E-state index in [1.165, 1.54) is 0 Å². The lowest BCUT2D eigenvalue weighted by Gasteiger charge is -2.25. The molecule has 0 saturated heterocycles. The smallest absolute Gasteiger partial charge is 0.326 e. The Morgan fingerprint density at radius 2 is 1.45 bits per heavy atom. The number of rotatable bonds is 13. The third-order valence-corrected chi connectivity index (χ3v) is 3.96. The number of hydrogen-bond donors (Lipinski definition) is 7. The van der Waals surface area contributed by atoms with Gasteiger partial charge < -0.3 is 37.0 Å². The Balaban J connectivity index is 4.97. The molecule has 0 aliphatic rings. The first-order valence-electron chi connectivity index (χ1n) is 8.68. The summed E-state index contributed by atoms with van der Waals surface area (Å²) in [6, 6.07) is -4.23. The zero-order valence-corrected chi connectivity index (χ0v) is 16.0. The van der Waals surface area contributed by atoms with Crippen LogP contribution >= 0.6 is 0 Å². The third-order valence-electron chi connectivity index (χ3n) is 3.96. The Kier molecular flexibility index (Phi) is 10.9. The summed E-state index contributed by atoms with van der Waals surface area (Å²) in [4.78, 5) is 68.4. The quantitative estimate of drug-likeness (QED) is 0.166. The Morgan fingerprint density at radius 3 is 1.90 bits per heavy atom. The second-order valence-corrected chi connectivity index (χ2v) is 6.35. The number of carboxylic acids is 3. The van der Waals surface area contributed by atoms with Crippen molar-refractivity contribution in [3.05, 3.63) is 0 Å². The average Bonchev–Trinajstić information content (AvgIpc) is 2.61. The first-order chi connectivity index (χ1) is 13.4. The monoisotopic (exact) mass is 418 g/mol. The molecular weight excluding hydrogens is 392 g/mol. The van der Waals surface area contributed by atoms with Crippen LogP contribution in [0.2, 0.25) is 0 Å². The van der Waals surface area contributed by atoms with Crippen LogP contribution in [0.5, 0.6) is 0 Å². The van der Waals surface area contributed by atoms with E-state index in [0.717, 1.165) is 0 Å². The van der Waals surface area contributed by atoms with Gasteiger partial charge in [0.05, 0.1) is 25.4 Å². The maximum atomic E-state index is 12.4. The number of carbonyl (C=O) groups excluding carboxylic acids is 3. The van der Waals surface area contributed by atoms with Gasteiger partial charge in [-0.3, -0.25) is 24.0 Å². The summed E-state index contributed by atoms with van der Waals surface area (Å²) in [5.74, 6) is -7.28. The number of amides is 3. The van der Waals surface area contributed by atoms with E-state index in [9.17, 15) is 28.8 Å². The highest BCUT2D eigenvalue weighted by Crippen LogP contribution is 2.09. The highest BCUT2D eigenvalue weighted by Gasteiger charge is 2.31. The van der Waals surface area contributed by atoms with Gasteiger partial charge in [0.25, 0.3) is 0 Å². The number of hydrogen-bond acceptors (Lipinski definition) is 7. The van der Waals surface area contributed by atoms with Crippen molar-refractivity contribution in [2.24, 2.45) is 11.7 Å². The molecule has 8 N–H and O–H groups in total. The van der Waals surface area contributed by atoms with Crippen molar-refractivity contribution in [1.29, 1.82) is 0 Å². The van der Waals surface area contributed by atoms with Gasteiger partial charge in [0.2, 0.25) is 17.7 Å². The SMILES string of the molecule is CCC(C)C(NC(=O)CNC(=O)C(N)CC(=O)O)C(=O)NC(CC(=O)O)C(=O)O. The molecule has 4 atom stereocenters. The standard InChI is InChI=1S/C16H26N4O9/c1-3-7(2)13(15(27)19-9(16(28)29)5-12(24)25)20-10(21)6-18-14(26)8(17)4-11(22)23/h7-9,13H,3-6,17H2,1-2H3,(H,18,26)(H,19,27)(H,20,21)(H,22,23)(H,24,25)(H,28,29). The first-order valence-corrected chi connectivity index (χ1v) is 8.68.